The number of fused-ring (bicyclic) bond motifs is 1. The van der Waals surface area contributed by atoms with Crippen LogP contribution in [0.25, 0.3) is 33.4 Å². The van der Waals surface area contributed by atoms with Gasteiger partial charge in [-0.2, -0.15) is 5.10 Å². The van der Waals surface area contributed by atoms with E-state index >= 15 is 0 Å². The monoisotopic (exact) mass is 554 g/mol. The van der Waals surface area contributed by atoms with E-state index < -0.39 is 0 Å². The molecule has 218 valence electrons. The molecule has 0 unspecified atom stereocenters. The van der Waals surface area contributed by atoms with Crippen LogP contribution in [0.2, 0.25) is 0 Å². The molecule has 4 heterocycles. The number of likely N-dealkylation sites (tertiary alicyclic amines) is 1. The quantitative estimate of drug-likeness (QED) is 0.204. The normalized spacial score (nSPS) is 14.1. The minimum atomic E-state index is 0.416. The SMILES string of the molecule is C=CC(=C)Nc1cc(-c2c(-c3cnn(C4CCN(C)CC4)c3)[nH]c3ncc(OCC(C)C)c(C)c23)ccc1C.CC. The Hall–Kier alpha value is -3.84. The molecule has 0 saturated carbocycles. The van der Waals surface area contributed by atoms with Crippen molar-refractivity contribution in [2.45, 2.75) is 60.4 Å². The topological polar surface area (TPSA) is 71.0 Å². The van der Waals surface area contributed by atoms with Crippen LogP contribution in [0.15, 0.2) is 61.7 Å². The number of ether oxygens (including phenoxy) is 1. The van der Waals surface area contributed by atoms with Crippen molar-refractivity contribution in [2.75, 3.05) is 32.1 Å². The summed E-state index contributed by atoms with van der Waals surface area (Å²) in [6.45, 7) is 23.3. The van der Waals surface area contributed by atoms with Gasteiger partial charge in [0.15, 0.2) is 0 Å². The Morgan fingerprint density at radius 1 is 1.17 bits per heavy atom. The number of H-pyrrole nitrogens is 1. The number of hydrogen-bond donors (Lipinski definition) is 2. The van der Waals surface area contributed by atoms with Crippen molar-refractivity contribution in [1.82, 2.24) is 24.6 Å². The first-order valence-electron chi connectivity index (χ1n) is 14.8. The molecule has 41 heavy (non-hydrogen) atoms. The van der Waals surface area contributed by atoms with E-state index in [1.165, 1.54) is 0 Å². The molecule has 7 nitrogen and oxygen atoms in total. The van der Waals surface area contributed by atoms with Gasteiger partial charge in [0, 0.05) is 39.7 Å². The van der Waals surface area contributed by atoms with E-state index in [4.69, 9.17) is 14.8 Å². The number of benzene rings is 1. The van der Waals surface area contributed by atoms with Crippen LogP contribution in [0.4, 0.5) is 5.69 Å². The van der Waals surface area contributed by atoms with E-state index in [0.717, 1.165) is 87.6 Å². The van der Waals surface area contributed by atoms with Crippen LogP contribution in [0.5, 0.6) is 5.75 Å². The van der Waals surface area contributed by atoms with Crippen molar-refractivity contribution in [3.8, 4) is 28.1 Å². The van der Waals surface area contributed by atoms with Crippen molar-refractivity contribution in [2.24, 2.45) is 5.92 Å². The Morgan fingerprint density at radius 3 is 2.59 bits per heavy atom. The van der Waals surface area contributed by atoms with Gasteiger partial charge in [-0.05, 0) is 76.0 Å². The van der Waals surface area contributed by atoms with Crippen LogP contribution in [-0.4, -0.2) is 51.4 Å². The average molecular weight is 555 g/mol. The zero-order valence-electron chi connectivity index (χ0n) is 25.8. The van der Waals surface area contributed by atoms with Crippen LogP contribution in [0, 0.1) is 19.8 Å². The first kappa shape index (κ1) is 30.1. The van der Waals surface area contributed by atoms with Crippen LogP contribution >= 0.6 is 0 Å². The molecule has 0 spiro atoms. The lowest BCUT2D eigenvalue weighted by Crippen LogP contribution is -2.31. The van der Waals surface area contributed by atoms with E-state index in [0.29, 0.717) is 18.6 Å². The van der Waals surface area contributed by atoms with E-state index in [1.807, 2.05) is 26.2 Å². The second-order valence-corrected chi connectivity index (χ2v) is 11.2. The number of nitrogens with zero attached hydrogens (tertiary/aromatic N) is 4. The predicted octanol–water partition coefficient (Wildman–Crippen LogP) is 8.15. The number of allylic oxidation sites excluding steroid dienone is 1. The first-order valence-corrected chi connectivity index (χ1v) is 14.8. The lowest BCUT2D eigenvalue weighted by atomic mass is 9.96. The van der Waals surface area contributed by atoms with E-state index in [-0.39, 0.29) is 0 Å². The largest absolute Gasteiger partial charge is 0.491 e. The number of aromatic amines is 1. The summed E-state index contributed by atoms with van der Waals surface area (Å²) in [4.78, 5) is 10.8. The highest BCUT2D eigenvalue weighted by Gasteiger charge is 2.24. The molecule has 0 radical (unpaired) electrons. The summed E-state index contributed by atoms with van der Waals surface area (Å²) >= 11 is 0. The van der Waals surface area contributed by atoms with Gasteiger partial charge < -0.3 is 19.9 Å². The number of aryl methyl sites for hydroxylation is 2. The van der Waals surface area contributed by atoms with Gasteiger partial charge in [0.1, 0.15) is 11.4 Å². The summed E-state index contributed by atoms with van der Waals surface area (Å²) in [5.74, 6) is 1.24. The zero-order chi connectivity index (χ0) is 29.7. The van der Waals surface area contributed by atoms with E-state index in [9.17, 15) is 0 Å². The Morgan fingerprint density at radius 2 is 1.90 bits per heavy atom. The summed E-state index contributed by atoms with van der Waals surface area (Å²) in [5, 5.41) is 9.28. The third kappa shape index (κ3) is 6.57. The predicted molar refractivity (Wildman–Crippen MR) is 173 cm³/mol. The number of aromatic nitrogens is 4. The number of pyridine rings is 1. The van der Waals surface area contributed by atoms with E-state index in [1.54, 1.807) is 6.08 Å². The average Bonchev–Trinajstić information content (AvgIpc) is 3.61. The highest BCUT2D eigenvalue weighted by molar-refractivity contribution is 6.05. The van der Waals surface area contributed by atoms with Crippen molar-refractivity contribution in [3.05, 3.63) is 72.8 Å². The Bertz CT molecular complexity index is 1500. The van der Waals surface area contributed by atoms with Crippen LogP contribution < -0.4 is 10.1 Å². The van der Waals surface area contributed by atoms with E-state index in [2.05, 4.69) is 92.2 Å². The van der Waals surface area contributed by atoms with Gasteiger partial charge in [0.25, 0.3) is 0 Å². The minimum absolute atomic E-state index is 0.416. The Kier molecular flexibility index (Phi) is 9.71. The maximum atomic E-state index is 6.18. The van der Waals surface area contributed by atoms with Gasteiger partial charge in [-0.15, -0.1) is 0 Å². The fraction of sp³-hybridized carbons (Fsp3) is 0.412. The minimum Gasteiger partial charge on any atom is -0.491 e. The molecule has 0 atom stereocenters. The molecular weight excluding hydrogens is 508 g/mol. The molecule has 5 rings (SSSR count). The molecule has 0 bridgehead atoms. The molecule has 7 heteroatoms. The molecular formula is C34H46N6O. The van der Waals surface area contributed by atoms with Crippen molar-refractivity contribution >= 4 is 16.7 Å². The lowest BCUT2D eigenvalue weighted by Gasteiger charge is -2.28. The van der Waals surface area contributed by atoms with Gasteiger partial charge >= 0.3 is 0 Å². The second kappa shape index (κ2) is 13.2. The van der Waals surface area contributed by atoms with Gasteiger partial charge in [0.2, 0.25) is 0 Å². The third-order valence-corrected chi connectivity index (χ3v) is 7.63. The fourth-order valence-electron chi connectivity index (χ4n) is 5.26. The number of anilines is 1. The second-order valence-electron chi connectivity index (χ2n) is 11.2. The van der Waals surface area contributed by atoms with Crippen molar-refractivity contribution < 1.29 is 4.74 Å². The molecule has 1 saturated heterocycles. The molecule has 4 aromatic rings. The maximum Gasteiger partial charge on any atom is 0.141 e. The third-order valence-electron chi connectivity index (χ3n) is 7.63. The molecule has 1 aromatic carbocycles. The summed E-state index contributed by atoms with van der Waals surface area (Å²) in [5.41, 5.74) is 9.05. The van der Waals surface area contributed by atoms with Gasteiger partial charge in [-0.1, -0.05) is 53.0 Å². The molecule has 0 amide bonds. The Labute approximate surface area is 245 Å². The lowest BCUT2D eigenvalue weighted by molar-refractivity contribution is 0.212. The summed E-state index contributed by atoms with van der Waals surface area (Å²) in [6, 6.07) is 6.91. The van der Waals surface area contributed by atoms with Crippen molar-refractivity contribution in [3.63, 3.8) is 0 Å². The van der Waals surface area contributed by atoms with Crippen LogP contribution in [0.1, 0.15) is 57.7 Å². The summed E-state index contributed by atoms with van der Waals surface area (Å²) in [7, 11) is 2.19. The highest BCUT2D eigenvalue weighted by Crippen LogP contribution is 2.42. The zero-order valence-corrected chi connectivity index (χ0v) is 25.8. The molecule has 1 aliphatic rings. The molecule has 1 fully saturated rings. The molecule has 3 aromatic heterocycles. The van der Waals surface area contributed by atoms with Gasteiger partial charge in [0.05, 0.1) is 30.7 Å². The molecule has 0 aliphatic carbocycles. The maximum absolute atomic E-state index is 6.18. The number of nitrogens with one attached hydrogen (secondary N) is 2. The molecule has 2 N–H and O–H groups in total. The van der Waals surface area contributed by atoms with Crippen LogP contribution in [0.3, 0.4) is 0 Å². The van der Waals surface area contributed by atoms with Gasteiger partial charge in [-0.25, -0.2) is 4.98 Å². The van der Waals surface area contributed by atoms with Crippen LogP contribution in [-0.2, 0) is 0 Å². The van der Waals surface area contributed by atoms with Crippen molar-refractivity contribution in [1.29, 1.82) is 0 Å². The summed E-state index contributed by atoms with van der Waals surface area (Å²) < 4.78 is 8.33. The smallest absolute Gasteiger partial charge is 0.141 e. The summed E-state index contributed by atoms with van der Waals surface area (Å²) in [6.07, 6.45) is 9.94. The standard InChI is InChI=1S/C32H40N6O.C2H6/c1-8-22(5)35-27-15-24(10-9-21(27)4)30-29-23(6)28(39-19-20(2)3)17-33-32(29)36-31(30)25-16-34-38(18-25)26-11-13-37(7)14-12-26;1-2/h8-10,15-18,20,26,35H,1,5,11-14,19H2,2-4,6-7H3,(H,33,36);1-2H3. The first-order chi connectivity index (χ1) is 19.7. The molecule has 1 aliphatic heterocycles. The number of rotatable bonds is 9. The fourth-order valence-corrected chi connectivity index (χ4v) is 5.26. The number of hydrogen-bond acceptors (Lipinski definition) is 5. The number of piperidine rings is 1. The van der Waals surface area contributed by atoms with Gasteiger partial charge in [-0.3, -0.25) is 4.68 Å². The highest BCUT2D eigenvalue weighted by atomic mass is 16.5. The Balaban J connectivity index is 0.00000189.